The maximum Gasteiger partial charge on any atom is 0.129 e. The fraction of sp³-hybridized carbons (Fsp3) is 0.438. The van der Waals surface area contributed by atoms with Gasteiger partial charge in [-0.15, -0.1) is 0 Å². The molecule has 3 rings (SSSR count). The fourth-order valence-electron chi connectivity index (χ4n) is 2.99. The number of aliphatic hydroxyl groups excluding tert-OH is 1. The van der Waals surface area contributed by atoms with Crippen molar-refractivity contribution in [1.29, 1.82) is 0 Å². The van der Waals surface area contributed by atoms with Crippen LogP contribution in [-0.2, 0) is 0 Å². The predicted octanol–water partition coefficient (Wildman–Crippen LogP) is 3.12. The number of aromatic nitrogens is 1. The van der Waals surface area contributed by atoms with E-state index in [-0.39, 0.29) is 6.61 Å². The first-order valence-electron chi connectivity index (χ1n) is 7.01. The lowest BCUT2D eigenvalue weighted by molar-refractivity contribution is 0.222. The van der Waals surface area contributed by atoms with Crippen LogP contribution in [-0.4, -0.2) is 22.7 Å². The van der Waals surface area contributed by atoms with Gasteiger partial charge < -0.3 is 10.4 Å². The van der Waals surface area contributed by atoms with Crippen molar-refractivity contribution in [3.63, 3.8) is 0 Å². The highest BCUT2D eigenvalue weighted by Gasteiger charge is 2.27. The van der Waals surface area contributed by atoms with Gasteiger partial charge in [-0.25, -0.2) is 4.98 Å². The molecule has 1 saturated carbocycles. The molecule has 2 N–H and O–H groups in total. The van der Waals surface area contributed by atoms with E-state index < -0.39 is 0 Å². The van der Waals surface area contributed by atoms with Crippen molar-refractivity contribution < 1.29 is 5.11 Å². The van der Waals surface area contributed by atoms with Crippen LogP contribution in [0.3, 0.4) is 0 Å². The largest absolute Gasteiger partial charge is 0.396 e. The average molecular weight is 256 g/mol. The van der Waals surface area contributed by atoms with Gasteiger partial charge in [0.25, 0.3) is 0 Å². The molecule has 2 aromatic rings. The number of para-hydroxylation sites is 1. The lowest BCUT2D eigenvalue weighted by Gasteiger charge is -2.21. The van der Waals surface area contributed by atoms with Gasteiger partial charge in [-0.1, -0.05) is 24.6 Å². The summed E-state index contributed by atoms with van der Waals surface area (Å²) in [5.74, 6) is 1.33. The second kappa shape index (κ2) is 5.17. The molecule has 3 nitrogen and oxygen atoms in total. The highest BCUT2D eigenvalue weighted by molar-refractivity contribution is 5.81. The normalized spacial score (nSPS) is 22.8. The minimum atomic E-state index is 0.268. The summed E-state index contributed by atoms with van der Waals surface area (Å²) in [4.78, 5) is 4.71. The van der Waals surface area contributed by atoms with Crippen LogP contribution in [0.25, 0.3) is 10.9 Å². The summed E-state index contributed by atoms with van der Waals surface area (Å²) in [5.41, 5.74) is 2.19. The number of fused-ring (bicyclic) bond motifs is 1. The summed E-state index contributed by atoms with van der Waals surface area (Å²) in [6, 6.07) is 10.7. The number of aryl methyl sites for hydroxylation is 1. The molecule has 0 radical (unpaired) electrons. The molecule has 2 atom stereocenters. The first-order chi connectivity index (χ1) is 9.28. The van der Waals surface area contributed by atoms with Gasteiger partial charge in [0.1, 0.15) is 5.82 Å². The van der Waals surface area contributed by atoms with Gasteiger partial charge in [0, 0.05) is 24.0 Å². The number of aliphatic hydroxyl groups is 1. The second-order valence-corrected chi connectivity index (χ2v) is 5.47. The first kappa shape index (κ1) is 12.4. The maximum absolute atomic E-state index is 9.40. The van der Waals surface area contributed by atoms with Gasteiger partial charge in [-0.2, -0.15) is 0 Å². The van der Waals surface area contributed by atoms with Crippen molar-refractivity contribution in [3.05, 3.63) is 35.9 Å². The number of hydrogen-bond acceptors (Lipinski definition) is 3. The van der Waals surface area contributed by atoms with E-state index in [2.05, 4.69) is 24.4 Å². The van der Waals surface area contributed by atoms with Gasteiger partial charge in [0.15, 0.2) is 0 Å². The molecular weight excluding hydrogens is 236 g/mol. The van der Waals surface area contributed by atoms with Gasteiger partial charge in [-0.05, 0) is 37.5 Å². The SMILES string of the molecule is Cc1cc2ccccc2nc1NC1CCCC1CO. The third kappa shape index (κ3) is 2.43. The number of nitrogens with zero attached hydrogens (tertiary/aromatic N) is 1. The Balaban J connectivity index is 1.90. The monoisotopic (exact) mass is 256 g/mol. The van der Waals surface area contributed by atoms with Crippen LogP contribution in [0.4, 0.5) is 5.82 Å². The Bertz CT molecular complexity index is 582. The number of benzene rings is 1. The maximum atomic E-state index is 9.40. The molecule has 0 spiro atoms. The topological polar surface area (TPSA) is 45.2 Å². The molecular formula is C16H20N2O. The molecule has 0 saturated heterocycles. The number of anilines is 1. The van der Waals surface area contributed by atoms with E-state index in [4.69, 9.17) is 4.98 Å². The molecule has 1 fully saturated rings. The zero-order chi connectivity index (χ0) is 13.2. The first-order valence-corrected chi connectivity index (χ1v) is 7.01. The molecule has 0 aliphatic heterocycles. The van der Waals surface area contributed by atoms with Crippen molar-refractivity contribution in [2.24, 2.45) is 5.92 Å². The fourth-order valence-corrected chi connectivity index (χ4v) is 2.99. The Morgan fingerprint density at radius 2 is 2.16 bits per heavy atom. The summed E-state index contributed by atoms with van der Waals surface area (Å²) in [6.07, 6.45) is 3.43. The highest BCUT2D eigenvalue weighted by atomic mass is 16.3. The van der Waals surface area contributed by atoms with Crippen molar-refractivity contribution in [2.75, 3.05) is 11.9 Å². The summed E-state index contributed by atoms with van der Waals surface area (Å²) in [7, 11) is 0. The van der Waals surface area contributed by atoms with Crippen LogP contribution in [0.1, 0.15) is 24.8 Å². The van der Waals surface area contributed by atoms with Crippen LogP contribution in [0.15, 0.2) is 30.3 Å². The van der Waals surface area contributed by atoms with Crippen molar-refractivity contribution in [2.45, 2.75) is 32.2 Å². The van der Waals surface area contributed by atoms with Crippen LogP contribution in [0.2, 0.25) is 0 Å². The van der Waals surface area contributed by atoms with Crippen LogP contribution >= 0.6 is 0 Å². The molecule has 3 heteroatoms. The zero-order valence-corrected chi connectivity index (χ0v) is 11.3. The van der Waals surface area contributed by atoms with E-state index in [9.17, 15) is 5.11 Å². The van der Waals surface area contributed by atoms with Gasteiger partial charge >= 0.3 is 0 Å². The molecule has 1 aromatic carbocycles. The molecule has 100 valence electrons. The number of pyridine rings is 1. The van der Waals surface area contributed by atoms with E-state index in [0.717, 1.165) is 24.2 Å². The van der Waals surface area contributed by atoms with Gasteiger partial charge in [0.2, 0.25) is 0 Å². The van der Waals surface area contributed by atoms with E-state index in [1.807, 2.05) is 18.2 Å². The van der Waals surface area contributed by atoms with Gasteiger partial charge in [0.05, 0.1) is 5.52 Å². The lowest BCUT2D eigenvalue weighted by Crippen LogP contribution is -2.27. The smallest absolute Gasteiger partial charge is 0.129 e. The number of hydrogen-bond donors (Lipinski definition) is 2. The standard InChI is InChI=1S/C16H20N2O/c1-11-9-12-5-2-3-7-14(12)17-16(11)18-15-8-4-6-13(15)10-19/h2-3,5,7,9,13,15,19H,4,6,8,10H2,1H3,(H,17,18). The quantitative estimate of drug-likeness (QED) is 0.887. The molecule has 19 heavy (non-hydrogen) atoms. The molecule has 0 amide bonds. The van der Waals surface area contributed by atoms with Gasteiger partial charge in [-0.3, -0.25) is 0 Å². The lowest BCUT2D eigenvalue weighted by atomic mass is 10.0. The van der Waals surface area contributed by atoms with E-state index in [0.29, 0.717) is 12.0 Å². The van der Waals surface area contributed by atoms with E-state index in [1.54, 1.807) is 0 Å². The van der Waals surface area contributed by atoms with Crippen molar-refractivity contribution in [1.82, 2.24) is 4.98 Å². The summed E-state index contributed by atoms with van der Waals surface area (Å²) in [6.45, 7) is 2.36. The number of nitrogens with one attached hydrogen (secondary N) is 1. The third-order valence-corrected chi connectivity index (χ3v) is 4.13. The zero-order valence-electron chi connectivity index (χ0n) is 11.3. The average Bonchev–Trinajstić information content (AvgIpc) is 2.87. The second-order valence-electron chi connectivity index (χ2n) is 5.47. The van der Waals surface area contributed by atoms with E-state index >= 15 is 0 Å². The molecule has 2 unspecified atom stereocenters. The Morgan fingerprint density at radius 3 is 3.00 bits per heavy atom. The van der Waals surface area contributed by atoms with Crippen LogP contribution in [0.5, 0.6) is 0 Å². The summed E-state index contributed by atoms with van der Waals surface area (Å²) < 4.78 is 0. The Hall–Kier alpha value is -1.61. The molecule has 1 aliphatic carbocycles. The minimum absolute atomic E-state index is 0.268. The van der Waals surface area contributed by atoms with Crippen molar-refractivity contribution >= 4 is 16.7 Å². The number of rotatable bonds is 3. The molecule has 0 bridgehead atoms. The van der Waals surface area contributed by atoms with Crippen molar-refractivity contribution in [3.8, 4) is 0 Å². The van der Waals surface area contributed by atoms with Crippen LogP contribution < -0.4 is 5.32 Å². The Kier molecular flexibility index (Phi) is 3.38. The third-order valence-electron chi connectivity index (χ3n) is 4.13. The minimum Gasteiger partial charge on any atom is -0.396 e. The Morgan fingerprint density at radius 1 is 1.32 bits per heavy atom. The summed E-state index contributed by atoms with van der Waals surface area (Å²) >= 11 is 0. The highest BCUT2D eigenvalue weighted by Crippen LogP contribution is 2.29. The predicted molar refractivity (Wildman–Crippen MR) is 78.3 cm³/mol. The Labute approximate surface area is 113 Å². The molecule has 1 aromatic heterocycles. The molecule has 1 heterocycles. The van der Waals surface area contributed by atoms with E-state index in [1.165, 1.54) is 17.4 Å². The summed E-state index contributed by atoms with van der Waals surface area (Å²) in [5, 5.41) is 14.1. The van der Waals surface area contributed by atoms with Crippen LogP contribution in [0, 0.1) is 12.8 Å². The molecule has 1 aliphatic rings.